The third kappa shape index (κ3) is 3.44. The summed E-state index contributed by atoms with van der Waals surface area (Å²) < 4.78 is 5.65. The average molecular weight is 222 g/mol. The average Bonchev–Trinajstić information content (AvgIpc) is 2.04. The van der Waals surface area contributed by atoms with Crippen molar-refractivity contribution >= 4 is 0 Å². The Hall–Kier alpha value is -1.18. The van der Waals surface area contributed by atoms with E-state index in [1.807, 2.05) is 32.9 Å². The maximum absolute atomic E-state index is 9.89. The van der Waals surface area contributed by atoms with E-state index < -0.39 is 0 Å². The van der Waals surface area contributed by atoms with Crippen LogP contribution in [0.5, 0.6) is 11.5 Å². The van der Waals surface area contributed by atoms with E-state index in [9.17, 15) is 5.11 Å². The zero-order valence-electron chi connectivity index (χ0n) is 11.1. The zero-order valence-corrected chi connectivity index (χ0v) is 11.1. The number of phenols is 1. The molecule has 1 rings (SSSR count). The van der Waals surface area contributed by atoms with Crippen molar-refractivity contribution in [2.75, 3.05) is 0 Å². The number of phenolic OH excluding ortho intramolecular Hbond substituents is 1. The Kier molecular flexibility index (Phi) is 3.22. The largest absolute Gasteiger partial charge is 0.504 e. The summed E-state index contributed by atoms with van der Waals surface area (Å²) in [5.41, 5.74) is 0.852. The summed E-state index contributed by atoms with van der Waals surface area (Å²) in [5, 5.41) is 9.89. The smallest absolute Gasteiger partial charge is 0.161 e. The van der Waals surface area contributed by atoms with Crippen LogP contribution in [0.25, 0.3) is 0 Å². The zero-order chi connectivity index (χ0) is 12.6. The van der Waals surface area contributed by atoms with E-state index in [0.29, 0.717) is 5.75 Å². The number of hydrogen-bond acceptors (Lipinski definition) is 2. The van der Waals surface area contributed by atoms with Crippen molar-refractivity contribution in [3.05, 3.63) is 23.8 Å². The normalized spacial score (nSPS) is 12.6. The van der Waals surface area contributed by atoms with Crippen molar-refractivity contribution in [3.63, 3.8) is 0 Å². The third-order valence-corrected chi connectivity index (χ3v) is 2.24. The van der Waals surface area contributed by atoms with Crippen LogP contribution in [0.2, 0.25) is 0 Å². The molecule has 0 aliphatic rings. The first-order valence-electron chi connectivity index (χ1n) is 5.62. The van der Waals surface area contributed by atoms with Gasteiger partial charge in [0.05, 0.1) is 0 Å². The lowest BCUT2D eigenvalue weighted by Crippen LogP contribution is -2.23. The Balaban J connectivity index is 3.01. The van der Waals surface area contributed by atoms with E-state index in [2.05, 4.69) is 20.8 Å². The summed E-state index contributed by atoms with van der Waals surface area (Å²) in [7, 11) is 0. The van der Waals surface area contributed by atoms with E-state index in [1.54, 1.807) is 6.07 Å². The molecular weight excluding hydrogens is 200 g/mol. The van der Waals surface area contributed by atoms with Gasteiger partial charge in [0.2, 0.25) is 0 Å². The predicted molar refractivity (Wildman–Crippen MR) is 67.2 cm³/mol. The van der Waals surface area contributed by atoms with Crippen LogP contribution in [0, 0.1) is 0 Å². The summed E-state index contributed by atoms with van der Waals surface area (Å²) in [4.78, 5) is 0. The monoisotopic (exact) mass is 222 g/mol. The lowest BCUT2D eigenvalue weighted by atomic mass is 9.87. The Morgan fingerprint density at radius 3 is 1.94 bits per heavy atom. The topological polar surface area (TPSA) is 29.5 Å². The first kappa shape index (κ1) is 12.9. The molecule has 2 heteroatoms. The molecule has 90 valence electrons. The van der Waals surface area contributed by atoms with Crippen molar-refractivity contribution in [2.45, 2.75) is 52.6 Å². The molecule has 0 bridgehead atoms. The number of benzene rings is 1. The van der Waals surface area contributed by atoms with E-state index in [4.69, 9.17) is 4.74 Å². The van der Waals surface area contributed by atoms with Crippen molar-refractivity contribution in [1.82, 2.24) is 0 Å². The minimum Gasteiger partial charge on any atom is -0.504 e. The molecule has 0 fully saturated rings. The second-order valence-electron chi connectivity index (χ2n) is 6.15. The number of rotatable bonds is 1. The Morgan fingerprint density at radius 1 is 1.00 bits per heavy atom. The molecule has 0 aromatic heterocycles. The van der Waals surface area contributed by atoms with Gasteiger partial charge in [-0.25, -0.2) is 0 Å². The molecule has 0 saturated heterocycles. The molecule has 0 unspecified atom stereocenters. The number of aromatic hydroxyl groups is 1. The van der Waals surface area contributed by atoms with Gasteiger partial charge in [0, 0.05) is 0 Å². The highest BCUT2D eigenvalue weighted by Crippen LogP contribution is 2.33. The fourth-order valence-corrected chi connectivity index (χ4v) is 1.40. The van der Waals surface area contributed by atoms with E-state index >= 15 is 0 Å². The van der Waals surface area contributed by atoms with Gasteiger partial charge < -0.3 is 9.84 Å². The lowest BCUT2D eigenvalue weighted by Gasteiger charge is -2.24. The van der Waals surface area contributed by atoms with Crippen LogP contribution in [0.15, 0.2) is 18.2 Å². The molecule has 0 aliphatic carbocycles. The van der Waals surface area contributed by atoms with Crippen molar-refractivity contribution in [1.29, 1.82) is 0 Å². The van der Waals surface area contributed by atoms with E-state index in [0.717, 1.165) is 5.56 Å². The lowest BCUT2D eigenvalue weighted by molar-refractivity contribution is 0.126. The van der Waals surface area contributed by atoms with Crippen molar-refractivity contribution in [3.8, 4) is 11.5 Å². The van der Waals surface area contributed by atoms with Gasteiger partial charge >= 0.3 is 0 Å². The highest BCUT2D eigenvalue weighted by molar-refractivity contribution is 5.44. The molecule has 0 heterocycles. The number of ether oxygens (including phenoxy) is 1. The van der Waals surface area contributed by atoms with Crippen LogP contribution < -0.4 is 4.74 Å². The summed E-state index contributed by atoms with van der Waals surface area (Å²) in [6, 6.07) is 5.61. The molecule has 2 nitrogen and oxygen atoms in total. The van der Waals surface area contributed by atoms with Crippen molar-refractivity contribution < 1.29 is 9.84 Å². The molecule has 1 aromatic carbocycles. The molecule has 1 N–H and O–H groups in total. The van der Waals surface area contributed by atoms with Crippen LogP contribution in [-0.4, -0.2) is 10.7 Å². The molecule has 0 saturated carbocycles. The molecule has 0 aliphatic heterocycles. The van der Waals surface area contributed by atoms with Gasteiger partial charge in [-0.15, -0.1) is 0 Å². The van der Waals surface area contributed by atoms with Gasteiger partial charge in [-0.2, -0.15) is 0 Å². The second-order valence-corrected chi connectivity index (χ2v) is 6.15. The minimum atomic E-state index is -0.291. The van der Waals surface area contributed by atoms with E-state index in [1.165, 1.54) is 0 Å². The molecule has 0 amide bonds. The van der Waals surface area contributed by atoms with E-state index in [-0.39, 0.29) is 16.8 Å². The first-order chi connectivity index (χ1) is 7.09. The molecule has 1 aromatic rings. The third-order valence-electron chi connectivity index (χ3n) is 2.24. The molecular formula is C14H22O2. The standard InChI is InChI=1S/C14H22O2/c1-13(2,3)10-7-8-12(11(15)9-10)16-14(4,5)6/h7-9,15H,1-6H3. The maximum atomic E-state index is 9.89. The SMILES string of the molecule is CC(C)(C)Oc1ccc(C(C)(C)C)cc1O. The highest BCUT2D eigenvalue weighted by atomic mass is 16.5. The van der Waals surface area contributed by atoms with Gasteiger partial charge in [-0.3, -0.25) is 0 Å². The first-order valence-corrected chi connectivity index (χ1v) is 5.62. The quantitative estimate of drug-likeness (QED) is 0.781. The fraction of sp³-hybridized carbons (Fsp3) is 0.571. The van der Waals surface area contributed by atoms with Gasteiger partial charge in [0.15, 0.2) is 11.5 Å². The van der Waals surface area contributed by atoms with Crippen LogP contribution in [0.4, 0.5) is 0 Å². The highest BCUT2D eigenvalue weighted by Gasteiger charge is 2.18. The predicted octanol–water partition coefficient (Wildman–Crippen LogP) is 3.87. The Bertz CT molecular complexity index is 367. The van der Waals surface area contributed by atoms with Crippen LogP contribution in [0.1, 0.15) is 47.1 Å². The fourth-order valence-electron chi connectivity index (χ4n) is 1.40. The van der Waals surface area contributed by atoms with Crippen LogP contribution in [-0.2, 0) is 5.41 Å². The van der Waals surface area contributed by atoms with Gasteiger partial charge in [0.25, 0.3) is 0 Å². The Morgan fingerprint density at radius 2 is 1.56 bits per heavy atom. The van der Waals surface area contributed by atoms with Gasteiger partial charge in [-0.05, 0) is 43.9 Å². The number of hydrogen-bond donors (Lipinski definition) is 1. The molecule has 0 spiro atoms. The summed E-state index contributed by atoms with van der Waals surface area (Å²) >= 11 is 0. The Labute approximate surface area is 98.3 Å². The summed E-state index contributed by atoms with van der Waals surface area (Å²) in [6.07, 6.45) is 0. The molecule has 16 heavy (non-hydrogen) atoms. The summed E-state index contributed by atoms with van der Waals surface area (Å²) in [5.74, 6) is 0.753. The van der Waals surface area contributed by atoms with Gasteiger partial charge in [0.1, 0.15) is 5.60 Å². The summed E-state index contributed by atoms with van der Waals surface area (Å²) in [6.45, 7) is 12.2. The van der Waals surface area contributed by atoms with Crippen LogP contribution in [0.3, 0.4) is 0 Å². The van der Waals surface area contributed by atoms with Crippen LogP contribution >= 0.6 is 0 Å². The maximum Gasteiger partial charge on any atom is 0.161 e. The molecule has 0 atom stereocenters. The minimum absolute atomic E-state index is 0.0394. The second kappa shape index (κ2) is 4.00. The molecule has 0 radical (unpaired) electrons. The van der Waals surface area contributed by atoms with Crippen molar-refractivity contribution in [2.24, 2.45) is 0 Å². The van der Waals surface area contributed by atoms with Gasteiger partial charge in [-0.1, -0.05) is 26.8 Å².